The van der Waals surface area contributed by atoms with Gasteiger partial charge in [-0.2, -0.15) is 5.26 Å². The molecule has 1 atom stereocenters. The summed E-state index contributed by atoms with van der Waals surface area (Å²) in [5, 5.41) is 12.2. The van der Waals surface area contributed by atoms with Gasteiger partial charge in [0, 0.05) is 11.8 Å². The fourth-order valence-corrected chi connectivity index (χ4v) is 2.13. The summed E-state index contributed by atoms with van der Waals surface area (Å²) >= 11 is 0. The van der Waals surface area contributed by atoms with Crippen LogP contribution in [0.15, 0.2) is 36.5 Å². The second kappa shape index (κ2) is 4.50. The fraction of sp³-hybridized carbons (Fsp3) is 0.143. The van der Waals surface area contributed by atoms with Gasteiger partial charge in [0.05, 0.1) is 17.3 Å². The predicted octanol–water partition coefficient (Wildman–Crippen LogP) is 2.08. The summed E-state index contributed by atoms with van der Waals surface area (Å²) in [6.45, 7) is 0.525. The number of anilines is 2. The maximum atomic E-state index is 8.95. The number of hydrogen-bond acceptors (Lipinski definition) is 5. The number of nitriles is 1. The number of pyridine rings is 1. The number of nitrogens with zero attached hydrogens (tertiary/aromatic N) is 2. The smallest absolute Gasteiger partial charge is 0.151 e. The molecule has 0 bridgehead atoms. The Morgan fingerprint density at radius 1 is 1.37 bits per heavy atom. The molecule has 5 nitrogen and oxygen atoms in total. The predicted molar refractivity (Wildman–Crippen MR) is 71.7 cm³/mol. The van der Waals surface area contributed by atoms with E-state index in [4.69, 9.17) is 15.7 Å². The molecule has 5 heteroatoms. The Bertz CT molecular complexity index is 663. The van der Waals surface area contributed by atoms with Crippen molar-refractivity contribution in [1.82, 2.24) is 4.98 Å². The summed E-state index contributed by atoms with van der Waals surface area (Å²) in [7, 11) is 0. The quantitative estimate of drug-likeness (QED) is 0.854. The number of nitrogens with two attached hydrogens (primary N) is 1. The summed E-state index contributed by atoms with van der Waals surface area (Å²) in [6, 6.07) is 11.5. The molecule has 0 fully saturated rings. The van der Waals surface area contributed by atoms with Crippen LogP contribution >= 0.6 is 0 Å². The Morgan fingerprint density at radius 3 is 3.05 bits per heavy atom. The van der Waals surface area contributed by atoms with E-state index in [9.17, 15) is 0 Å². The number of fused-ring (bicyclic) bond motifs is 1. The number of aromatic nitrogens is 1. The van der Waals surface area contributed by atoms with Crippen LogP contribution in [0, 0.1) is 11.3 Å². The molecule has 3 rings (SSSR count). The highest BCUT2D eigenvalue weighted by molar-refractivity contribution is 5.69. The zero-order valence-electron chi connectivity index (χ0n) is 10.1. The Morgan fingerprint density at radius 2 is 2.21 bits per heavy atom. The van der Waals surface area contributed by atoms with Gasteiger partial charge in [0.2, 0.25) is 0 Å². The SMILES string of the molecule is N#Cc1ccnc(NC2COc3ccccc32)c1N. The zero-order chi connectivity index (χ0) is 13.2. The third kappa shape index (κ3) is 1.93. The molecular weight excluding hydrogens is 240 g/mol. The van der Waals surface area contributed by atoms with E-state index in [1.165, 1.54) is 0 Å². The number of rotatable bonds is 2. The van der Waals surface area contributed by atoms with E-state index in [1.54, 1.807) is 12.3 Å². The Hall–Kier alpha value is -2.74. The standard InChI is InChI=1S/C14H12N4O/c15-7-9-5-6-17-14(13(9)16)18-11-8-19-12-4-2-1-3-10(11)12/h1-6,11H,8,16H2,(H,17,18). The first-order chi connectivity index (χ1) is 9.29. The molecule has 3 N–H and O–H groups in total. The van der Waals surface area contributed by atoms with E-state index < -0.39 is 0 Å². The molecule has 1 aromatic heterocycles. The number of nitrogens with one attached hydrogen (secondary N) is 1. The Kier molecular flexibility index (Phi) is 2.69. The summed E-state index contributed by atoms with van der Waals surface area (Å²) < 4.78 is 5.58. The first-order valence-electron chi connectivity index (χ1n) is 5.92. The van der Waals surface area contributed by atoms with E-state index in [-0.39, 0.29) is 6.04 Å². The molecule has 0 amide bonds. The Balaban J connectivity index is 1.90. The maximum absolute atomic E-state index is 8.95. The van der Waals surface area contributed by atoms with Gasteiger partial charge in [-0.05, 0) is 12.1 Å². The lowest BCUT2D eigenvalue weighted by atomic mass is 10.1. The number of hydrogen-bond donors (Lipinski definition) is 2. The molecule has 0 saturated carbocycles. The molecule has 1 aliphatic heterocycles. The normalized spacial score (nSPS) is 16.3. The highest BCUT2D eigenvalue weighted by Gasteiger charge is 2.24. The van der Waals surface area contributed by atoms with Crippen LogP contribution in [-0.4, -0.2) is 11.6 Å². The van der Waals surface area contributed by atoms with Crippen LogP contribution in [0.25, 0.3) is 0 Å². The van der Waals surface area contributed by atoms with Crippen molar-refractivity contribution in [3.05, 3.63) is 47.7 Å². The van der Waals surface area contributed by atoms with Gasteiger partial charge in [-0.3, -0.25) is 0 Å². The van der Waals surface area contributed by atoms with Gasteiger partial charge in [0.15, 0.2) is 5.82 Å². The first kappa shape index (κ1) is 11.4. The van der Waals surface area contributed by atoms with Gasteiger partial charge in [0.1, 0.15) is 18.4 Å². The highest BCUT2D eigenvalue weighted by Crippen LogP contribution is 2.34. The average Bonchev–Trinajstić information content (AvgIpc) is 2.85. The van der Waals surface area contributed by atoms with Crippen molar-refractivity contribution in [2.45, 2.75) is 6.04 Å². The molecule has 0 radical (unpaired) electrons. The van der Waals surface area contributed by atoms with Crippen molar-refractivity contribution in [2.24, 2.45) is 0 Å². The number of benzene rings is 1. The van der Waals surface area contributed by atoms with E-state index in [0.29, 0.717) is 23.7 Å². The molecule has 2 aromatic rings. The highest BCUT2D eigenvalue weighted by atomic mass is 16.5. The van der Waals surface area contributed by atoms with Crippen LogP contribution in [-0.2, 0) is 0 Å². The van der Waals surface area contributed by atoms with Gasteiger partial charge in [-0.25, -0.2) is 4.98 Å². The van der Waals surface area contributed by atoms with E-state index >= 15 is 0 Å². The van der Waals surface area contributed by atoms with Gasteiger partial charge < -0.3 is 15.8 Å². The van der Waals surface area contributed by atoms with Gasteiger partial charge in [-0.1, -0.05) is 18.2 Å². The van der Waals surface area contributed by atoms with Gasteiger partial charge in [0.25, 0.3) is 0 Å². The summed E-state index contributed by atoms with van der Waals surface area (Å²) in [4.78, 5) is 4.18. The van der Waals surface area contributed by atoms with Crippen LogP contribution in [0.2, 0.25) is 0 Å². The molecule has 19 heavy (non-hydrogen) atoms. The number of nitrogen functional groups attached to an aromatic ring is 1. The van der Waals surface area contributed by atoms with Gasteiger partial charge in [-0.15, -0.1) is 0 Å². The lowest BCUT2D eigenvalue weighted by molar-refractivity contribution is 0.339. The topological polar surface area (TPSA) is 84.0 Å². The van der Waals surface area contributed by atoms with Crippen LogP contribution in [0.4, 0.5) is 11.5 Å². The maximum Gasteiger partial charge on any atom is 0.151 e. The van der Waals surface area contributed by atoms with Crippen molar-refractivity contribution in [1.29, 1.82) is 5.26 Å². The van der Waals surface area contributed by atoms with E-state index in [0.717, 1.165) is 11.3 Å². The molecule has 1 aliphatic rings. The molecule has 2 heterocycles. The molecule has 0 aliphatic carbocycles. The van der Waals surface area contributed by atoms with Gasteiger partial charge >= 0.3 is 0 Å². The minimum absolute atomic E-state index is 0.0000529. The summed E-state index contributed by atoms with van der Waals surface area (Å²) in [5.74, 6) is 1.39. The van der Waals surface area contributed by atoms with E-state index in [1.807, 2.05) is 30.3 Å². The van der Waals surface area contributed by atoms with Crippen LogP contribution in [0.3, 0.4) is 0 Å². The molecule has 94 valence electrons. The molecule has 0 saturated heterocycles. The van der Waals surface area contributed by atoms with Crippen LogP contribution < -0.4 is 15.8 Å². The number of para-hydroxylation sites is 1. The lowest BCUT2D eigenvalue weighted by Gasteiger charge is -2.14. The third-order valence-electron chi connectivity index (χ3n) is 3.12. The summed E-state index contributed by atoms with van der Waals surface area (Å²) in [5.41, 5.74) is 7.77. The van der Waals surface area contributed by atoms with Crippen molar-refractivity contribution in [2.75, 3.05) is 17.7 Å². The monoisotopic (exact) mass is 252 g/mol. The van der Waals surface area contributed by atoms with Crippen molar-refractivity contribution < 1.29 is 4.74 Å². The Labute approximate surface area is 110 Å². The fourth-order valence-electron chi connectivity index (χ4n) is 2.13. The summed E-state index contributed by atoms with van der Waals surface area (Å²) in [6.07, 6.45) is 1.57. The van der Waals surface area contributed by atoms with Crippen molar-refractivity contribution in [3.63, 3.8) is 0 Å². The number of ether oxygens (including phenoxy) is 1. The molecule has 0 spiro atoms. The van der Waals surface area contributed by atoms with Crippen molar-refractivity contribution in [3.8, 4) is 11.8 Å². The second-order valence-electron chi connectivity index (χ2n) is 4.28. The minimum Gasteiger partial charge on any atom is -0.491 e. The molecule has 1 unspecified atom stereocenters. The van der Waals surface area contributed by atoms with Crippen molar-refractivity contribution >= 4 is 11.5 Å². The van der Waals surface area contributed by atoms with E-state index in [2.05, 4.69) is 10.3 Å². The van der Waals surface area contributed by atoms with Crippen LogP contribution in [0.1, 0.15) is 17.2 Å². The second-order valence-corrected chi connectivity index (χ2v) is 4.28. The first-order valence-corrected chi connectivity index (χ1v) is 5.92. The molecule has 1 aromatic carbocycles. The minimum atomic E-state index is -0.0000529. The van der Waals surface area contributed by atoms with Crippen LogP contribution in [0.5, 0.6) is 5.75 Å². The molecular formula is C14H12N4O. The average molecular weight is 252 g/mol. The third-order valence-corrected chi connectivity index (χ3v) is 3.12. The largest absolute Gasteiger partial charge is 0.491 e. The lowest BCUT2D eigenvalue weighted by Crippen LogP contribution is -2.14. The zero-order valence-corrected chi connectivity index (χ0v) is 10.1.